The third-order valence-electron chi connectivity index (χ3n) is 3.35. The Balaban J connectivity index is 1.88. The summed E-state index contributed by atoms with van der Waals surface area (Å²) >= 11 is 0. The Kier molecular flexibility index (Phi) is 2.76. The maximum Gasteiger partial charge on any atom is 0.391 e. The van der Waals surface area contributed by atoms with Crippen LogP contribution in [-0.2, 0) is 13.0 Å². The highest BCUT2D eigenvalue weighted by atomic mass is 19.4. The molecule has 0 amide bonds. The second-order valence-corrected chi connectivity index (χ2v) is 4.51. The van der Waals surface area contributed by atoms with Crippen LogP contribution in [0.25, 0.3) is 11.5 Å². The summed E-state index contributed by atoms with van der Waals surface area (Å²) in [6, 6.07) is 0. The van der Waals surface area contributed by atoms with Crippen LogP contribution in [0.3, 0.4) is 0 Å². The number of hydrogen-bond acceptors (Lipinski definition) is 4. The third kappa shape index (κ3) is 2.20. The SMILES string of the molecule is FC(F)(F)C1CCc2nnc(-c3cn[nH]n3)n2CC1. The van der Waals surface area contributed by atoms with Crippen LogP contribution in [0.15, 0.2) is 6.20 Å². The van der Waals surface area contributed by atoms with Gasteiger partial charge >= 0.3 is 6.18 Å². The first-order valence-corrected chi connectivity index (χ1v) is 5.90. The van der Waals surface area contributed by atoms with E-state index in [1.54, 1.807) is 4.57 Å². The van der Waals surface area contributed by atoms with Crippen LogP contribution in [-0.4, -0.2) is 36.4 Å². The number of nitrogens with one attached hydrogen (secondary N) is 1. The van der Waals surface area contributed by atoms with E-state index in [4.69, 9.17) is 0 Å². The minimum atomic E-state index is -4.15. The molecule has 2 aromatic rings. The quantitative estimate of drug-likeness (QED) is 0.855. The lowest BCUT2D eigenvalue weighted by Gasteiger charge is -2.17. The maximum atomic E-state index is 12.8. The summed E-state index contributed by atoms with van der Waals surface area (Å²) < 4.78 is 40.0. The third-order valence-corrected chi connectivity index (χ3v) is 3.35. The zero-order chi connectivity index (χ0) is 13.5. The zero-order valence-electron chi connectivity index (χ0n) is 9.85. The summed E-state index contributed by atoms with van der Waals surface area (Å²) in [6.45, 7) is 0.245. The molecule has 3 heterocycles. The Labute approximate surface area is 106 Å². The summed E-state index contributed by atoms with van der Waals surface area (Å²) in [7, 11) is 0. The number of nitrogens with zero attached hydrogens (tertiary/aromatic N) is 5. The molecule has 0 spiro atoms. The first-order chi connectivity index (χ1) is 9.05. The summed E-state index contributed by atoms with van der Waals surface area (Å²) in [5.74, 6) is -0.240. The number of aryl methyl sites for hydroxylation is 1. The number of rotatable bonds is 1. The van der Waals surface area contributed by atoms with E-state index in [0.717, 1.165) is 0 Å². The molecule has 102 valence electrons. The fraction of sp³-hybridized carbons (Fsp3) is 0.600. The van der Waals surface area contributed by atoms with E-state index in [0.29, 0.717) is 17.3 Å². The van der Waals surface area contributed by atoms with Crippen molar-refractivity contribution in [2.75, 3.05) is 0 Å². The van der Waals surface area contributed by atoms with Gasteiger partial charge in [0.15, 0.2) is 5.82 Å². The van der Waals surface area contributed by atoms with Gasteiger partial charge in [-0.25, -0.2) is 0 Å². The van der Waals surface area contributed by atoms with Crippen molar-refractivity contribution in [3.63, 3.8) is 0 Å². The molecular weight excluding hydrogens is 261 g/mol. The monoisotopic (exact) mass is 272 g/mol. The Bertz CT molecular complexity index is 558. The molecule has 0 radical (unpaired) electrons. The van der Waals surface area contributed by atoms with Crippen LogP contribution in [0.2, 0.25) is 0 Å². The van der Waals surface area contributed by atoms with Gasteiger partial charge in [-0.2, -0.15) is 28.6 Å². The van der Waals surface area contributed by atoms with Crippen LogP contribution < -0.4 is 0 Å². The number of fused-ring (bicyclic) bond motifs is 1. The molecule has 1 aliphatic rings. The van der Waals surface area contributed by atoms with Crippen molar-refractivity contribution >= 4 is 0 Å². The lowest BCUT2D eigenvalue weighted by molar-refractivity contribution is -0.177. The summed E-state index contributed by atoms with van der Waals surface area (Å²) in [5.41, 5.74) is 0.490. The van der Waals surface area contributed by atoms with E-state index < -0.39 is 12.1 Å². The van der Waals surface area contributed by atoms with Crippen LogP contribution in [0.5, 0.6) is 0 Å². The Morgan fingerprint density at radius 2 is 2.11 bits per heavy atom. The number of halogens is 3. The van der Waals surface area contributed by atoms with Crippen molar-refractivity contribution in [2.45, 2.75) is 32.0 Å². The molecule has 2 aromatic heterocycles. The van der Waals surface area contributed by atoms with Gasteiger partial charge < -0.3 is 4.57 Å². The number of alkyl halides is 3. The number of H-pyrrole nitrogens is 1. The summed E-state index contributed by atoms with van der Waals surface area (Å²) in [5, 5.41) is 17.9. The zero-order valence-corrected chi connectivity index (χ0v) is 9.85. The Morgan fingerprint density at radius 3 is 2.79 bits per heavy atom. The van der Waals surface area contributed by atoms with Crippen molar-refractivity contribution in [2.24, 2.45) is 5.92 Å². The molecule has 0 aromatic carbocycles. The number of hydrogen-bond donors (Lipinski definition) is 1. The van der Waals surface area contributed by atoms with Crippen LogP contribution in [0.1, 0.15) is 18.7 Å². The van der Waals surface area contributed by atoms with Crippen molar-refractivity contribution in [3.05, 3.63) is 12.0 Å². The molecule has 1 N–H and O–H groups in total. The van der Waals surface area contributed by atoms with E-state index in [2.05, 4.69) is 25.6 Å². The first kappa shape index (κ1) is 12.1. The van der Waals surface area contributed by atoms with E-state index in [1.807, 2.05) is 0 Å². The van der Waals surface area contributed by atoms with Gasteiger partial charge in [0.05, 0.1) is 12.1 Å². The number of aromatic amines is 1. The summed E-state index contributed by atoms with van der Waals surface area (Å²) in [4.78, 5) is 0. The predicted molar refractivity (Wildman–Crippen MR) is 57.9 cm³/mol. The number of aromatic nitrogens is 6. The minimum Gasteiger partial charge on any atom is -0.310 e. The standard InChI is InChI=1S/C10H11F3N6/c11-10(12,13)6-1-2-8-16-17-9(19(8)4-3-6)7-5-14-18-15-7/h5-6H,1-4H2,(H,14,15,18). The molecule has 0 bridgehead atoms. The Morgan fingerprint density at radius 1 is 1.26 bits per heavy atom. The minimum absolute atomic E-state index is 0.0411. The lowest BCUT2D eigenvalue weighted by atomic mass is 10.00. The summed E-state index contributed by atoms with van der Waals surface area (Å²) in [6.07, 6.45) is -2.30. The van der Waals surface area contributed by atoms with Gasteiger partial charge in [-0.15, -0.1) is 10.2 Å². The van der Waals surface area contributed by atoms with Gasteiger partial charge in [0.1, 0.15) is 11.5 Å². The van der Waals surface area contributed by atoms with Crippen LogP contribution in [0, 0.1) is 5.92 Å². The topological polar surface area (TPSA) is 72.3 Å². The Hall–Kier alpha value is -1.93. The molecule has 3 rings (SSSR count). The van der Waals surface area contributed by atoms with Gasteiger partial charge in [-0.1, -0.05) is 0 Å². The van der Waals surface area contributed by atoms with Crippen molar-refractivity contribution < 1.29 is 13.2 Å². The lowest BCUT2D eigenvalue weighted by Crippen LogP contribution is -2.23. The molecule has 0 saturated carbocycles. The highest BCUT2D eigenvalue weighted by Crippen LogP contribution is 2.35. The molecule has 9 heteroatoms. The van der Waals surface area contributed by atoms with E-state index in [9.17, 15) is 13.2 Å². The average Bonchev–Trinajstić information content (AvgIpc) is 2.93. The van der Waals surface area contributed by atoms with E-state index >= 15 is 0 Å². The molecular formula is C10H11F3N6. The van der Waals surface area contributed by atoms with Gasteiger partial charge in [-0.3, -0.25) is 0 Å². The van der Waals surface area contributed by atoms with Gasteiger partial charge in [0, 0.05) is 13.0 Å². The molecule has 6 nitrogen and oxygen atoms in total. The van der Waals surface area contributed by atoms with E-state index in [1.165, 1.54) is 6.20 Å². The normalized spacial score (nSPS) is 20.1. The molecule has 0 aliphatic carbocycles. The molecule has 1 unspecified atom stereocenters. The molecule has 0 saturated heterocycles. The second kappa shape index (κ2) is 4.32. The van der Waals surface area contributed by atoms with Gasteiger partial charge in [-0.05, 0) is 12.8 Å². The fourth-order valence-corrected chi connectivity index (χ4v) is 2.31. The fourth-order valence-electron chi connectivity index (χ4n) is 2.31. The van der Waals surface area contributed by atoms with Crippen LogP contribution >= 0.6 is 0 Å². The second-order valence-electron chi connectivity index (χ2n) is 4.51. The van der Waals surface area contributed by atoms with E-state index in [-0.39, 0.29) is 25.8 Å². The predicted octanol–water partition coefficient (Wildman–Crippen LogP) is 1.58. The van der Waals surface area contributed by atoms with Crippen LogP contribution in [0.4, 0.5) is 13.2 Å². The molecule has 1 atom stereocenters. The first-order valence-electron chi connectivity index (χ1n) is 5.90. The van der Waals surface area contributed by atoms with Crippen molar-refractivity contribution in [1.82, 2.24) is 30.2 Å². The smallest absolute Gasteiger partial charge is 0.310 e. The van der Waals surface area contributed by atoms with Gasteiger partial charge in [0.2, 0.25) is 0 Å². The highest BCUT2D eigenvalue weighted by molar-refractivity contribution is 5.46. The molecule has 19 heavy (non-hydrogen) atoms. The van der Waals surface area contributed by atoms with Crippen molar-refractivity contribution in [1.29, 1.82) is 0 Å². The highest BCUT2D eigenvalue weighted by Gasteiger charge is 2.40. The van der Waals surface area contributed by atoms with Gasteiger partial charge in [0.25, 0.3) is 0 Å². The van der Waals surface area contributed by atoms with Crippen molar-refractivity contribution in [3.8, 4) is 11.5 Å². The molecule has 0 fully saturated rings. The average molecular weight is 272 g/mol. The largest absolute Gasteiger partial charge is 0.391 e. The molecule has 1 aliphatic heterocycles. The maximum absolute atomic E-state index is 12.8.